The van der Waals surface area contributed by atoms with Crippen molar-refractivity contribution < 1.29 is 13.2 Å². The first kappa shape index (κ1) is 16.7. The molecule has 3 rings (SSSR count). The number of hydrogen-bond acceptors (Lipinski definition) is 4. The van der Waals surface area contributed by atoms with E-state index in [-0.39, 0.29) is 5.75 Å². The van der Waals surface area contributed by atoms with Gasteiger partial charge in [-0.15, -0.1) is 0 Å². The number of piperidine rings is 1. The van der Waals surface area contributed by atoms with Crippen molar-refractivity contribution in [1.29, 1.82) is 0 Å². The summed E-state index contributed by atoms with van der Waals surface area (Å²) >= 11 is 0. The summed E-state index contributed by atoms with van der Waals surface area (Å²) < 4.78 is 31.6. The second-order valence-corrected chi connectivity index (χ2v) is 9.81. The molecule has 6 heteroatoms. The van der Waals surface area contributed by atoms with Crippen LogP contribution in [0.15, 0.2) is 0 Å². The molecule has 128 valence electrons. The average Bonchev–Trinajstić information content (AvgIpc) is 3.26. The molecular formula is C16H30N2O3S. The van der Waals surface area contributed by atoms with E-state index in [0.717, 1.165) is 44.9 Å². The van der Waals surface area contributed by atoms with Gasteiger partial charge in [0, 0.05) is 32.3 Å². The van der Waals surface area contributed by atoms with Crippen LogP contribution in [0.25, 0.3) is 0 Å². The van der Waals surface area contributed by atoms with Gasteiger partial charge in [0.1, 0.15) is 0 Å². The lowest BCUT2D eigenvalue weighted by atomic mass is 9.77. The van der Waals surface area contributed by atoms with Crippen LogP contribution < -0.4 is 0 Å². The highest BCUT2D eigenvalue weighted by molar-refractivity contribution is 7.89. The van der Waals surface area contributed by atoms with Gasteiger partial charge in [0.05, 0.1) is 12.4 Å². The lowest BCUT2D eigenvalue weighted by Crippen LogP contribution is -2.44. The number of likely N-dealkylation sites (N-methyl/N-ethyl adjacent to an activating group) is 1. The summed E-state index contributed by atoms with van der Waals surface area (Å²) in [6.45, 7) is 5.98. The van der Waals surface area contributed by atoms with Gasteiger partial charge in [-0.1, -0.05) is 0 Å². The van der Waals surface area contributed by atoms with Crippen molar-refractivity contribution in [3.63, 3.8) is 0 Å². The van der Waals surface area contributed by atoms with Crippen LogP contribution in [0.5, 0.6) is 0 Å². The number of nitrogens with zero attached hydrogens (tertiary/aromatic N) is 2. The molecule has 5 nitrogen and oxygen atoms in total. The number of rotatable bonds is 6. The number of sulfonamides is 1. The molecular weight excluding hydrogens is 300 g/mol. The van der Waals surface area contributed by atoms with Crippen LogP contribution in [0.4, 0.5) is 0 Å². The predicted molar refractivity (Wildman–Crippen MR) is 87.3 cm³/mol. The predicted octanol–water partition coefficient (Wildman–Crippen LogP) is 1.55. The highest BCUT2D eigenvalue weighted by Crippen LogP contribution is 2.43. The Bertz CT molecular complexity index is 482. The fourth-order valence-corrected chi connectivity index (χ4v) is 5.11. The normalized spacial score (nSPS) is 30.2. The Labute approximate surface area is 135 Å². The minimum Gasteiger partial charge on any atom is -0.380 e. The third-order valence-electron chi connectivity index (χ3n) is 5.78. The first-order valence-corrected chi connectivity index (χ1v) is 10.3. The summed E-state index contributed by atoms with van der Waals surface area (Å²) in [7, 11) is -0.827. The fourth-order valence-electron chi connectivity index (χ4n) is 4.00. The minimum atomic E-state index is -3.02. The van der Waals surface area contributed by atoms with E-state index in [9.17, 15) is 8.42 Å². The zero-order valence-electron chi connectivity index (χ0n) is 14.0. The summed E-state index contributed by atoms with van der Waals surface area (Å²) in [5.41, 5.74) is 0.308. The molecule has 0 amide bonds. The van der Waals surface area contributed by atoms with E-state index in [1.807, 2.05) is 0 Å². The zero-order chi connectivity index (χ0) is 15.8. The van der Waals surface area contributed by atoms with Gasteiger partial charge >= 0.3 is 0 Å². The Balaban J connectivity index is 1.50. The van der Waals surface area contributed by atoms with Crippen molar-refractivity contribution in [3.05, 3.63) is 0 Å². The molecule has 2 heterocycles. The standard InChI is InChI=1S/C16H30N2O3S/c1-3-22(19,20)18-8-6-16(7-9-18)10-15(17(2)13-16)12-21-11-14-4-5-14/h14-15H,3-13H2,1-2H3/t15-/m0/s1. The lowest BCUT2D eigenvalue weighted by Gasteiger charge is -2.38. The second kappa shape index (κ2) is 6.38. The van der Waals surface area contributed by atoms with Gasteiger partial charge in [-0.05, 0) is 57.4 Å². The van der Waals surface area contributed by atoms with Crippen molar-refractivity contribution in [2.24, 2.45) is 11.3 Å². The lowest BCUT2D eigenvalue weighted by molar-refractivity contribution is 0.0784. The molecule has 0 radical (unpaired) electrons. The van der Waals surface area contributed by atoms with Gasteiger partial charge in [-0.3, -0.25) is 0 Å². The summed E-state index contributed by atoms with van der Waals surface area (Å²) in [6.07, 6.45) is 5.83. The monoisotopic (exact) mass is 330 g/mol. The molecule has 0 aromatic rings. The van der Waals surface area contributed by atoms with Crippen LogP contribution >= 0.6 is 0 Å². The van der Waals surface area contributed by atoms with E-state index in [0.29, 0.717) is 24.5 Å². The molecule has 0 aromatic heterocycles. The molecule has 3 fully saturated rings. The van der Waals surface area contributed by atoms with Crippen molar-refractivity contribution >= 4 is 10.0 Å². The second-order valence-electron chi connectivity index (χ2n) is 7.55. The van der Waals surface area contributed by atoms with Gasteiger partial charge in [0.15, 0.2) is 0 Å². The van der Waals surface area contributed by atoms with E-state index in [1.165, 1.54) is 12.8 Å². The first-order valence-electron chi connectivity index (χ1n) is 8.70. The fraction of sp³-hybridized carbons (Fsp3) is 1.00. The third-order valence-corrected chi connectivity index (χ3v) is 7.66. The summed E-state index contributed by atoms with van der Waals surface area (Å²) in [4.78, 5) is 2.43. The minimum absolute atomic E-state index is 0.220. The summed E-state index contributed by atoms with van der Waals surface area (Å²) in [6, 6.07) is 0.507. The van der Waals surface area contributed by atoms with Crippen LogP contribution in [-0.2, 0) is 14.8 Å². The summed E-state index contributed by atoms with van der Waals surface area (Å²) in [5, 5.41) is 0. The largest absolute Gasteiger partial charge is 0.380 e. The SMILES string of the molecule is CCS(=O)(=O)N1CCC2(CC1)C[C@@H](COCC1CC1)N(C)C2. The molecule has 0 N–H and O–H groups in total. The first-order chi connectivity index (χ1) is 10.4. The molecule has 1 spiro atoms. The molecule has 3 aliphatic rings. The molecule has 22 heavy (non-hydrogen) atoms. The smallest absolute Gasteiger partial charge is 0.213 e. The number of ether oxygens (including phenoxy) is 1. The van der Waals surface area contributed by atoms with Crippen molar-refractivity contribution in [1.82, 2.24) is 9.21 Å². The van der Waals surface area contributed by atoms with Gasteiger partial charge in [-0.25, -0.2) is 12.7 Å². The zero-order valence-corrected chi connectivity index (χ0v) is 14.8. The van der Waals surface area contributed by atoms with Crippen LogP contribution in [0.3, 0.4) is 0 Å². The maximum Gasteiger partial charge on any atom is 0.213 e. The number of likely N-dealkylation sites (tertiary alicyclic amines) is 1. The Morgan fingerprint density at radius 3 is 2.45 bits per heavy atom. The van der Waals surface area contributed by atoms with Gasteiger partial charge < -0.3 is 9.64 Å². The highest BCUT2D eigenvalue weighted by atomic mass is 32.2. The van der Waals surface area contributed by atoms with Crippen molar-refractivity contribution in [2.45, 2.75) is 45.1 Å². The van der Waals surface area contributed by atoms with E-state index in [2.05, 4.69) is 11.9 Å². The third kappa shape index (κ3) is 3.66. The molecule has 2 aliphatic heterocycles. The summed E-state index contributed by atoms with van der Waals surface area (Å²) in [5.74, 6) is 1.04. The molecule has 0 bridgehead atoms. The van der Waals surface area contributed by atoms with E-state index in [1.54, 1.807) is 11.2 Å². The maximum absolute atomic E-state index is 12.0. The van der Waals surface area contributed by atoms with Crippen molar-refractivity contribution in [3.8, 4) is 0 Å². The molecule has 0 aromatic carbocycles. The Morgan fingerprint density at radius 2 is 1.86 bits per heavy atom. The van der Waals surface area contributed by atoms with Crippen LogP contribution in [0, 0.1) is 11.3 Å². The Hall–Kier alpha value is -0.170. The molecule has 1 saturated carbocycles. The van der Waals surface area contributed by atoms with Gasteiger partial charge in [0.2, 0.25) is 10.0 Å². The maximum atomic E-state index is 12.0. The van der Waals surface area contributed by atoms with E-state index < -0.39 is 10.0 Å². The van der Waals surface area contributed by atoms with Crippen LogP contribution in [0.1, 0.15) is 39.0 Å². The quantitative estimate of drug-likeness (QED) is 0.741. The average molecular weight is 330 g/mol. The number of hydrogen-bond donors (Lipinski definition) is 0. The van der Waals surface area contributed by atoms with Crippen LogP contribution in [-0.4, -0.2) is 69.3 Å². The molecule has 2 saturated heterocycles. The van der Waals surface area contributed by atoms with Crippen molar-refractivity contribution in [2.75, 3.05) is 45.6 Å². The Kier molecular flexibility index (Phi) is 4.84. The Morgan fingerprint density at radius 1 is 1.18 bits per heavy atom. The van der Waals surface area contributed by atoms with E-state index in [4.69, 9.17) is 4.74 Å². The van der Waals surface area contributed by atoms with Crippen LogP contribution in [0.2, 0.25) is 0 Å². The molecule has 1 aliphatic carbocycles. The topological polar surface area (TPSA) is 49.9 Å². The van der Waals surface area contributed by atoms with Gasteiger partial charge in [-0.2, -0.15) is 0 Å². The molecule has 1 atom stereocenters. The van der Waals surface area contributed by atoms with E-state index >= 15 is 0 Å². The molecule has 0 unspecified atom stereocenters. The van der Waals surface area contributed by atoms with Gasteiger partial charge in [0.25, 0.3) is 0 Å². The highest BCUT2D eigenvalue weighted by Gasteiger charge is 2.45.